The van der Waals surface area contributed by atoms with Gasteiger partial charge in [-0.3, -0.25) is 0 Å². The molecule has 5 saturated carbocycles. The quantitative estimate of drug-likeness (QED) is 0.488. The van der Waals surface area contributed by atoms with E-state index in [1.807, 2.05) is 0 Å². The van der Waals surface area contributed by atoms with Gasteiger partial charge in [0.05, 0.1) is 0 Å². The van der Waals surface area contributed by atoms with Crippen LogP contribution in [0.4, 0.5) is 0 Å². The van der Waals surface area contributed by atoms with Crippen LogP contribution >= 0.6 is 0 Å². The first-order valence-electron chi connectivity index (χ1n) is 14.2. The van der Waals surface area contributed by atoms with Crippen molar-refractivity contribution in [2.75, 3.05) is 13.2 Å². The highest BCUT2D eigenvalue weighted by molar-refractivity contribution is 5.19. The molecule has 5 aliphatic rings. The second kappa shape index (κ2) is 7.46. The maximum absolute atomic E-state index is 11.0. The minimum atomic E-state index is 0.110. The molecule has 32 heavy (non-hydrogen) atoms. The summed E-state index contributed by atoms with van der Waals surface area (Å²) >= 11 is 0. The van der Waals surface area contributed by atoms with E-state index in [-0.39, 0.29) is 5.41 Å². The molecule has 0 aromatic rings. The van der Waals surface area contributed by atoms with Crippen molar-refractivity contribution < 1.29 is 10.2 Å². The van der Waals surface area contributed by atoms with Crippen LogP contribution in [0.1, 0.15) is 112 Å². The molecule has 0 aliphatic heterocycles. The lowest BCUT2D eigenvalue weighted by molar-refractivity contribution is -0.248. The van der Waals surface area contributed by atoms with Crippen LogP contribution in [0.3, 0.4) is 0 Å². The van der Waals surface area contributed by atoms with Gasteiger partial charge in [-0.2, -0.15) is 0 Å². The van der Waals surface area contributed by atoms with Gasteiger partial charge in [0, 0.05) is 13.2 Å². The van der Waals surface area contributed by atoms with E-state index in [0.29, 0.717) is 58.5 Å². The van der Waals surface area contributed by atoms with Crippen LogP contribution < -0.4 is 0 Å². The summed E-state index contributed by atoms with van der Waals surface area (Å²) in [6, 6.07) is 0. The minimum absolute atomic E-state index is 0.110. The Balaban J connectivity index is 1.52. The lowest BCUT2D eigenvalue weighted by Gasteiger charge is -2.73. The van der Waals surface area contributed by atoms with Gasteiger partial charge in [-0.1, -0.05) is 48.0 Å². The van der Waals surface area contributed by atoms with E-state index >= 15 is 0 Å². The van der Waals surface area contributed by atoms with Crippen molar-refractivity contribution in [3.8, 4) is 0 Å². The average molecular weight is 445 g/mol. The highest BCUT2D eigenvalue weighted by Crippen LogP contribution is 2.78. The summed E-state index contributed by atoms with van der Waals surface area (Å²) in [5, 5.41) is 20.9. The SMILES string of the molecule is CC(CO)C1CCC2(CO)C1CCC1(C)C2CCC2C3(C)CCCC(C)(C)C3CCC21C. The van der Waals surface area contributed by atoms with E-state index in [4.69, 9.17) is 0 Å². The third-order valence-electron chi connectivity index (χ3n) is 13.8. The fourth-order valence-electron chi connectivity index (χ4n) is 12.2. The van der Waals surface area contributed by atoms with Gasteiger partial charge in [0.2, 0.25) is 0 Å². The molecule has 0 bridgehead atoms. The number of rotatable bonds is 3. The van der Waals surface area contributed by atoms with E-state index in [1.54, 1.807) is 0 Å². The Bertz CT molecular complexity index is 730. The minimum Gasteiger partial charge on any atom is -0.396 e. The summed E-state index contributed by atoms with van der Waals surface area (Å²) in [5.74, 6) is 3.99. The van der Waals surface area contributed by atoms with E-state index in [1.165, 1.54) is 70.6 Å². The van der Waals surface area contributed by atoms with Crippen LogP contribution in [-0.2, 0) is 0 Å². The van der Waals surface area contributed by atoms with Gasteiger partial charge < -0.3 is 10.2 Å². The molecule has 10 atom stereocenters. The lowest BCUT2D eigenvalue weighted by atomic mass is 9.32. The largest absolute Gasteiger partial charge is 0.396 e. The molecule has 2 heteroatoms. The van der Waals surface area contributed by atoms with Crippen LogP contribution in [0, 0.1) is 62.6 Å². The van der Waals surface area contributed by atoms with Crippen LogP contribution in [0.2, 0.25) is 0 Å². The summed E-state index contributed by atoms with van der Waals surface area (Å²) in [5.41, 5.74) is 1.86. The molecule has 184 valence electrons. The monoisotopic (exact) mass is 444 g/mol. The summed E-state index contributed by atoms with van der Waals surface area (Å²) in [7, 11) is 0. The fraction of sp³-hybridized carbons (Fsp3) is 1.00. The molecule has 10 unspecified atom stereocenters. The number of hydrogen-bond donors (Lipinski definition) is 2. The van der Waals surface area contributed by atoms with Gasteiger partial charge in [0.25, 0.3) is 0 Å². The molecule has 2 N–H and O–H groups in total. The number of aliphatic hydroxyl groups excluding tert-OH is 2. The Labute approximate surface area is 198 Å². The Morgan fingerprint density at radius 3 is 2.06 bits per heavy atom. The van der Waals surface area contributed by atoms with Crippen LogP contribution in [0.25, 0.3) is 0 Å². The molecule has 0 saturated heterocycles. The molecule has 0 spiro atoms. The number of fused-ring (bicyclic) bond motifs is 7. The molecule has 0 radical (unpaired) electrons. The first-order chi connectivity index (χ1) is 15.0. The zero-order valence-electron chi connectivity index (χ0n) is 22.1. The first kappa shape index (κ1) is 23.7. The molecule has 0 heterocycles. The van der Waals surface area contributed by atoms with E-state index in [2.05, 4.69) is 41.5 Å². The van der Waals surface area contributed by atoms with Gasteiger partial charge in [-0.05, 0) is 127 Å². The van der Waals surface area contributed by atoms with Gasteiger partial charge in [-0.25, -0.2) is 0 Å². The zero-order valence-corrected chi connectivity index (χ0v) is 22.1. The molecule has 5 rings (SSSR count). The van der Waals surface area contributed by atoms with Crippen molar-refractivity contribution in [1.82, 2.24) is 0 Å². The van der Waals surface area contributed by atoms with Crippen molar-refractivity contribution in [2.24, 2.45) is 62.6 Å². The van der Waals surface area contributed by atoms with Crippen molar-refractivity contribution in [3.63, 3.8) is 0 Å². The van der Waals surface area contributed by atoms with Crippen LogP contribution in [-0.4, -0.2) is 23.4 Å². The van der Waals surface area contributed by atoms with E-state index < -0.39 is 0 Å². The third kappa shape index (κ3) is 2.78. The predicted molar refractivity (Wildman–Crippen MR) is 132 cm³/mol. The number of hydrogen-bond acceptors (Lipinski definition) is 2. The molecule has 0 aromatic carbocycles. The Hall–Kier alpha value is -0.0800. The second-order valence-corrected chi connectivity index (χ2v) is 14.9. The van der Waals surface area contributed by atoms with Gasteiger partial charge in [0.15, 0.2) is 0 Å². The molecule has 5 aliphatic carbocycles. The first-order valence-corrected chi connectivity index (χ1v) is 14.2. The maximum atomic E-state index is 11.0. The standard InChI is InChI=1S/C30H52O2/c1-20(18-31)21-10-17-30(19-32)22(21)11-15-29(6)25(30)9-8-24-27(4)14-7-13-26(2,3)23(27)12-16-28(24,29)5/h20-25,31-32H,7-19H2,1-6H3. The van der Waals surface area contributed by atoms with Gasteiger partial charge in [0.1, 0.15) is 0 Å². The molecular weight excluding hydrogens is 392 g/mol. The second-order valence-electron chi connectivity index (χ2n) is 14.9. The lowest BCUT2D eigenvalue weighted by Crippen LogP contribution is -2.66. The van der Waals surface area contributed by atoms with Crippen LogP contribution in [0.15, 0.2) is 0 Å². The van der Waals surface area contributed by atoms with Crippen molar-refractivity contribution >= 4 is 0 Å². The third-order valence-corrected chi connectivity index (χ3v) is 13.8. The normalized spacial score (nSPS) is 55.3. The van der Waals surface area contributed by atoms with Crippen molar-refractivity contribution in [2.45, 2.75) is 112 Å². The van der Waals surface area contributed by atoms with Gasteiger partial charge in [-0.15, -0.1) is 0 Å². The molecule has 0 amide bonds. The smallest absolute Gasteiger partial charge is 0.0493 e. The summed E-state index contributed by atoms with van der Waals surface area (Å²) in [4.78, 5) is 0. The maximum Gasteiger partial charge on any atom is 0.0493 e. The highest BCUT2D eigenvalue weighted by atomic mass is 16.3. The molecule has 0 aromatic heterocycles. The van der Waals surface area contributed by atoms with Crippen molar-refractivity contribution in [1.29, 1.82) is 0 Å². The molecule has 5 fully saturated rings. The molecular formula is C30H52O2. The van der Waals surface area contributed by atoms with Gasteiger partial charge >= 0.3 is 0 Å². The Morgan fingerprint density at radius 1 is 0.719 bits per heavy atom. The Kier molecular flexibility index (Phi) is 5.51. The average Bonchev–Trinajstić information content (AvgIpc) is 3.13. The number of aliphatic hydroxyl groups is 2. The zero-order chi connectivity index (χ0) is 23.2. The molecule has 2 nitrogen and oxygen atoms in total. The Morgan fingerprint density at radius 2 is 1.38 bits per heavy atom. The predicted octanol–water partition coefficient (Wildman–Crippen LogP) is 7.08. The van der Waals surface area contributed by atoms with E-state index in [0.717, 1.165) is 11.8 Å². The topological polar surface area (TPSA) is 40.5 Å². The van der Waals surface area contributed by atoms with Crippen LogP contribution in [0.5, 0.6) is 0 Å². The van der Waals surface area contributed by atoms with E-state index in [9.17, 15) is 10.2 Å². The fourth-order valence-corrected chi connectivity index (χ4v) is 12.2. The summed E-state index contributed by atoms with van der Waals surface area (Å²) < 4.78 is 0. The summed E-state index contributed by atoms with van der Waals surface area (Å²) in [6.07, 6.45) is 14.8. The van der Waals surface area contributed by atoms with Crippen molar-refractivity contribution in [3.05, 3.63) is 0 Å². The summed E-state index contributed by atoms with van der Waals surface area (Å²) in [6.45, 7) is 16.2. The highest BCUT2D eigenvalue weighted by Gasteiger charge is 2.71.